The Morgan fingerprint density at radius 1 is 0.571 bits per heavy atom. The quantitative estimate of drug-likeness (QED) is 0.523. The maximum atomic E-state index is 4.50. The van der Waals surface area contributed by atoms with Crippen molar-refractivity contribution < 1.29 is 1.43 Å². The summed E-state index contributed by atoms with van der Waals surface area (Å²) in [5.41, 5.74) is 0. The molecule has 0 heterocycles. The van der Waals surface area contributed by atoms with Crippen LogP contribution in [-0.4, -0.2) is 46.4 Å². The summed E-state index contributed by atoms with van der Waals surface area (Å²) in [5, 5.41) is 0. The predicted molar refractivity (Wildman–Crippen MR) is 90.5 cm³/mol. The Labute approximate surface area is 108 Å². The van der Waals surface area contributed by atoms with Crippen LogP contribution in [0.4, 0.5) is 0 Å². The molecule has 0 aliphatic rings. The molecule has 0 bridgehead atoms. The molecule has 0 N–H and O–H groups in total. The van der Waals surface area contributed by atoms with Crippen molar-refractivity contribution in [1.29, 1.82) is 0 Å². The molecule has 6 heteroatoms. The van der Waals surface area contributed by atoms with Crippen molar-refractivity contribution >= 4 is 46.4 Å². The van der Waals surface area contributed by atoms with Gasteiger partial charge in [-0.2, -0.15) is 0 Å². The summed E-state index contributed by atoms with van der Waals surface area (Å²) in [4.78, 5) is 0. The Bertz CT molecular complexity index is 19.1. The van der Waals surface area contributed by atoms with Crippen LogP contribution in [0.1, 0.15) is 60.8 Å². The molecule has 0 aromatic heterocycles. The molecule has 0 aliphatic heterocycles. The highest BCUT2D eigenvalue weighted by molar-refractivity contribution is 7.17. The monoisotopic (exact) mass is 198 g/mol. The van der Waals surface area contributed by atoms with Crippen molar-refractivity contribution in [1.82, 2.24) is 0 Å². The topological polar surface area (TPSA) is 0 Å². The van der Waals surface area contributed by atoms with Crippen molar-refractivity contribution in [2.45, 2.75) is 59.4 Å². The molecule has 0 aliphatic carbocycles. The highest BCUT2D eigenvalue weighted by Gasteiger charge is 1.41. The Hall–Kier alpha value is 0.390. The van der Waals surface area contributed by atoms with E-state index in [1.54, 1.807) is 0 Å². The highest BCUT2D eigenvalue weighted by Crippen LogP contribution is 1.03. The Morgan fingerprint density at radius 2 is 0.571 bits per heavy atom. The number of hydrogen-bond acceptors (Lipinski definition) is 0. The van der Waals surface area contributed by atoms with Crippen molar-refractivity contribution in [2.24, 2.45) is 0 Å². The molecule has 0 unspecified atom stereocenters. The van der Waals surface area contributed by atoms with Crippen LogP contribution in [0.5, 0.6) is 0 Å². The Kier molecular flexibility index (Phi) is 17100. The molecule has 0 spiro atoms. The lowest BCUT2D eigenvalue weighted by molar-refractivity contribution is 2.50. The van der Waals surface area contributed by atoms with Crippen molar-refractivity contribution in [3.05, 3.63) is 0 Å². The van der Waals surface area contributed by atoms with E-state index in [9.17, 15) is 0 Å². The summed E-state index contributed by atoms with van der Waals surface area (Å²) < 4.78 is 0. The summed E-state index contributed by atoms with van der Waals surface area (Å²) >= 11 is 0. The summed E-state index contributed by atoms with van der Waals surface area (Å²) in [6, 6.07) is 0. The van der Waals surface area contributed by atoms with Crippen molar-refractivity contribution in [3.63, 3.8) is 0 Å². The molecular formula is C8H34B6. The van der Waals surface area contributed by atoms with Gasteiger partial charge in [-0.1, -0.05) is 59.4 Å². The normalized spacial score (nSPS) is 1.14. The summed E-state index contributed by atoms with van der Waals surface area (Å²) in [5.74, 6) is 0. The molecule has 0 aromatic carbocycles. The smallest absolute Gasteiger partial charge is 0 e. The maximum absolute atomic E-state index is 4.50. The lowest BCUT2D eigenvalue weighted by Gasteiger charge is -1.41. The van der Waals surface area contributed by atoms with Crippen LogP contribution in [0.25, 0.3) is 0 Å². The molecule has 0 rings (SSSR count). The van der Waals surface area contributed by atoms with Crippen LogP contribution >= 0.6 is 0 Å². The van der Waals surface area contributed by atoms with Gasteiger partial charge in [0.15, 0.2) is 0 Å². The van der Waals surface area contributed by atoms with Crippen molar-refractivity contribution in [2.75, 3.05) is 0 Å². The van der Waals surface area contributed by atoms with Gasteiger partial charge >= 0.3 is 0 Å². The van der Waals surface area contributed by atoms with E-state index in [1.165, 1.54) is 0 Å². The van der Waals surface area contributed by atoms with E-state index in [0.29, 0.717) is 0 Å². The third kappa shape index (κ3) is 10600. The van der Waals surface area contributed by atoms with Gasteiger partial charge in [-0.05, 0) is 0 Å². The fraction of sp³-hybridized carbons (Fsp3) is 1.00. The Balaban J connectivity index is -0.000000000731. The first kappa shape index (κ1) is 225. The summed E-state index contributed by atoms with van der Waals surface area (Å²) in [7, 11) is 18.0. The molecule has 84 valence electrons. The zero-order valence-electron chi connectivity index (χ0n) is 3.46. The zero-order chi connectivity index (χ0) is 4.71. The molecule has 12 radical (unpaired) electrons. The third-order valence-corrected chi connectivity index (χ3v) is 0. The minimum Gasteiger partial charge on any atom is -0.0776 e. The minimum atomic E-state index is 0. The molecule has 0 saturated heterocycles. The third-order valence-electron chi connectivity index (χ3n) is 0. The van der Waals surface area contributed by atoms with E-state index in [0.717, 1.165) is 7.06 Å². The largest absolute Gasteiger partial charge is 0.0776 e. The van der Waals surface area contributed by atoms with Gasteiger partial charge in [0.2, 0.25) is 0 Å². The molecular weight excluding hydrogens is 161 g/mol. The van der Waals surface area contributed by atoms with Gasteiger partial charge in [-0.3, -0.25) is 0 Å². The first-order chi connectivity index (χ1) is 2.41. The van der Waals surface area contributed by atoms with E-state index in [2.05, 4.69) is 30.9 Å². The van der Waals surface area contributed by atoms with Gasteiger partial charge < -0.3 is 0 Å². The maximum Gasteiger partial charge on any atom is 0 e. The van der Waals surface area contributed by atoms with Gasteiger partial charge in [-0.25, -0.2) is 0 Å². The lowest BCUT2D eigenvalue weighted by atomic mass is 9.40. The molecule has 0 atom stereocenters. The van der Waals surface area contributed by atoms with Gasteiger partial charge in [-0.15, -0.1) is 0 Å². The second kappa shape index (κ2) is 1060. The number of hydrogen-bond donors (Lipinski definition) is 0. The van der Waals surface area contributed by atoms with Crippen LogP contribution < -0.4 is 0 Å². The lowest BCUT2D eigenvalue weighted by Crippen LogP contribution is -1.79. The average molecular weight is 197 g/mol. The van der Waals surface area contributed by atoms with Gasteiger partial charge in [0.1, 0.15) is 0 Å². The summed E-state index contributed by atoms with van der Waals surface area (Å²) in [6.07, 6.45) is 0. The van der Waals surface area contributed by atoms with Crippen LogP contribution in [-0.2, 0) is 0 Å². The molecule has 0 amide bonds. The van der Waals surface area contributed by atoms with E-state index >= 15 is 0 Å². The first-order valence-electron chi connectivity index (χ1n) is 1.00. The van der Waals surface area contributed by atoms with Gasteiger partial charge in [0.25, 0.3) is 0 Å². The van der Waals surface area contributed by atoms with Crippen LogP contribution in [0.15, 0.2) is 0 Å². The van der Waals surface area contributed by atoms with E-state index in [-0.39, 0.29) is 69.3 Å². The van der Waals surface area contributed by atoms with Gasteiger partial charge in [0.05, 0.1) is 0 Å². The van der Waals surface area contributed by atoms with Crippen LogP contribution in [0, 0.1) is 0 Å². The van der Waals surface area contributed by atoms with E-state index < -0.39 is 0 Å². The second-order valence-electron chi connectivity index (χ2n) is 0.192. The number of rotatable bonds is 0. The van der Waals surface area contributed by atoms with E-state index in [1.807, 2.05) is 0 Å². The average Bonchev–Trinajstić information content (AvgIpc) is 1.46. The first-order valence-corrected chi connectivity index (χ1v) is 1.00. The van der Waals surface area contributed by atoms with Crippen molar-refractivity contribution in [3.8, 4) is 0 Å². The fourth-order valence-electron chi connectivity index (χ4n) is 0. The van der Waals surface area contributed by atoms with Crippen LogP contribution in [0.3, 0.4) is 0 Å². The van der Waals surface area contributed by atoms with E-state index in [4.69, 9.17) is 0 Å². The summed E-state index contributed by atoms with van der Waals surface area (Å²) in [6.45, 7) is 0. The molecule has 0 nitrogen and oxygen atoms in total. The van der Waals surface area contributed by atoms with Crippen LogP contribution in [0.2, 0.25) is 0 Å². The van der Waals surface area contributed by atoms with Gasteiger partial charge in [0, 0.05) is 47.8 Å². The highest BCUT2D eigenvalue weighted by atomic mass is 12.2. The molecule has 0 fully saturated rings. The Morgan fingerprint density at radius 3 is 0.571 bits per heavy atom. The standard InChI is InChI=1S/8CH4.B3.B2.B.H2/c;;;;;;;;1-3-2;1-2;;/h8*1H4;;;;1H/i;;;;;;;;;;;1+2. The zero-order valence-corrected chi connectivity index (χ0v) is 3.46. The SMILES string of the molecule is C.C.C.C.C.C.C.C.[3HH].[B].[B][B].[B][B][B]. The molecule has 0 aromatic rings. The molecule has 14 heavy (non-hydrogen) atoms. The second-order valence-corrected chi connectivity index (χ2v) is 0.192. The fourth-order valence-corrected chi connectivity index (χ4v) is 0. The predicted octanol–water partition coefficient (Wildman–Crippen LogP) is 3.05. The molecule has 0 saturated carbocycles. The minimum absolute atomic E-state index is 0.